The number of halogens is 1. The molecule has 2 aromatic rings. The van der Waals surface area contributed by atoms with Gasteiger partial charge in [0.1, 0.15) is 18.5 Å². The fraction of sp³-hybridized carbons (Fsp3) is 0.316. The Hall–Kier alpha value is -2.40. The summed E-state index contributed by atoms with van der Waals surface area (Å²) < 4.78 is 5.40. The van der Waals surface area contributed by atoms with E-state index in [4.69, 9.17) is 10.5 Å². The molecule has 0 saturated carbocycles. The number of aliphatic hydroxyl groups is 1. The van der Waals surface area contributed by atoms with E-state index < -0.39 is 11.0 Å². The van der Waals surface area contributed by atoms with Crippen LogP contribution in [-0.4, -0.2) is 35.2 Å². The lowest BCUT2D eigenvalue weighted by Crippen LogP contribution is -2.27. The molecule has 0 amide bonds. The summed E-state index contributed by atoms with van der Waals surface area (Å²) in [6.07, 6.45) is 2.55. The zero-order chi connectivity index (χ0) is 19.2. The Morgan fingerprint density at radius 3 is 2.68 bits per heavy atom. The Bertz CT molecular complexity index is 842. The van der Waals surface area contributed by atoms with E-state index in [0.717, 1.165) is 18.5 Å². The van der Waals surface area contributed by atoms with E-state index in [9.17, 15) is 15.2 Å². The third-order valence-electron chi connectivity index (χ3n) is 4.33. The number of anilines is 1. The summed E-state index contributed by atoms with van der Waals surface area (Å²) >= 11 is 0. The van der Waals surface area contributed by atoms with Crippen molar-refractivity contribution >= 4 is 41.3 Å². The van der Waals surface area contributed by atoms with Crippen molar-refractivity contribution in [3.05, 3.63) is 63.7 Å². The molecular formula is C19H23IN4O4. The van der Waals surface area contributed by atoms with Gasteiger partial charge in [0.25, 0.3) is 5.69 Å². The number of guanidine groups is 1. The molecule has 0 aromatic heterocycles. The van der Waals surface area contributed by atoms with E-state index in [1.54, 1.807) is 0 Å². The van der Waals surface area contributed by atoms with Gasteiger partial charge in [-0.05, 0) is 54.7 Å². The highest BCUT2D eigenvalue weighted by Gasteiger charge is 2.11. The molecule has 0 fully saturated rings. The lowest BCUT2D eigenvalue weighted by molar-refractivity contribution is -0.384. The van der Waals surface area contributed by atoms with Crippen molar-refractivity contribution < 1.29 is 14.8 Å². The van der Waals surface area contributed by atoms with Crippen LogP contribution < -0.4 is 15.8 Å². The molecule has 150 valence electrons. The number of rotatable bonds is 7. The molecular weight excluding hydrogens is 475 g/mol. The normalized spacial score (nSPS) is 14.0. The summed E-state index contributed by atoms with van der Waals surface area (Å²) in [5, 5.41) is 23.6. The van der Waals surface area contributed by atoms with Crippen LogP contribution in [0, 0.1) is 10.1 Å². The monoisotopic (exact) mass is 498 g/mol. The van der Waals surface area contributed by atoms with Crippen LogP contribution in [0.3, 0.4) is 0 Å². The average Bonchev–Trinajstić information content (AvgIpc) is 3.13. The molecule has 0 heterocycles. The third kappa shape index (κ3) is 6.06. The molecule has 8 nitrogen and oxygen atoms in total. The van der Waals surface area contributed by atoms with Crippen molar-refractivity contribution in [2.45, 2.75) is 25.4 Å². The van der Waals surface area contributed by atoms with Crippen molar-refractivity contribution in [1.82, 2.24) is 0 Å². The Labute approximate surface area is 180 Å². The molecule has 28 heavy (non-hydrogen) atoms. The molecule has 1 atom stereocenters. The van der Waals surface area contributed by atoms with Gasteiger partial charge in [-0.3, -0.25) is 15.1 Å². The van der Waals surface area contributed by atoms with E-state index in [2.05, 4.69) is 22.4 Å². The van der Waals surface area contributed by atoms with Gasteiger partial charge in [-0.2, -0.15) is 0 Å². The Kier molecular flexibility index (Phi) is 8.00. The summed E-state index contributed by atoms with van der Waals surface area (Å²) in [6, 6.07) is 11.8. The number of aliphatic imine (C=N–C) groups is 1. The number of aliphatic hydroxyl groups excluding tert-OH is 1. The van der Waals surface area contributed by atoms with Gasteiger partial charge in [-0.25, -0.2) is 0 Å². The largest absolute Gasteiger partial charge is 0.491 e. The number of nitrogens with one attached hydrogen (secondary N) is 1. The molecule has 0 bridgehead atoms. The van der Waals surface area contributed by atoms with Gasteiger partial charge in [-0.1, -0.05) is 6.07 Å². The third-order valence-corrected chi connectivity index (χ3v) is 4.33. The number of aryl methyl sites for hydroxylation is 2. The fourth-order valence-electron chi connectivity index (χ4n) is 2.95. The minimum atomic E-state index is -0.847. The highest BCUT2D eigenvalue weighted by atomic mass is 127. The second kappa shape index (κ2) is 10.2. The Morgan fingerprint density at radius 2 is 1.96 bits per heavy atom. The smallest absolute Gasteiger partial charge is 0.269 e. The SMILES string of the molecule is I.NC(=NCC(O)COc1ccc([N+](=O)[O-])cc1)Nc1ccc2c(c1)CCC2. The number of hydrogen-bond donors (Lipinski definition) is 3. The predicted molar refractivity (Wildman–Crippen MR) is 119 cm³/mol. The number of ether oxygens (including phenoxy) is 1. The molecule has 1 aliphatic rings. The molecule has 9 heteroatoms. The molecule has 0 radical (unpaired) electrons. The number of fused-ring (bicyclic) bond motifs is 1. The van der Waals surface area contributed by atoms with E-state index in [0.29, 0.717) is 5.75 Å². The standard InChI is InChI=1S/C19H22N4O4.HI/c20-19(22-15-5-4-13-2-1-3-14(13)10-15)21-11-17(24)12-27-18-8-6-16(7-9-18)23(25)26;/h4-10,17,24H,1-3,11-12H2,(H3,20,21,22);1H. The number of nitro groups is 1. The quantitative estimate of drug-likeness (QED) is 0.177. The topological polar surface area (TPSA) is 123 Å². The minimum Gasteiger partial charge on any atom is -0.491 e. The van der Waals surface area contributed by atoms with Gasteiger partial charge < -0.3 is 20.9 Å². The molecule has 0 aliphatic heterocycles. The summed E-state index contributed by atoms with van der Waals surface area (Å²) in [4.78, 5) is 14.3. The number of hydrogen-bond acceptors (Lipinski definition) is 5. The van der Waals surface area contributed by atoms with Crippen molar-refractivity contribution in [1.29, 1.82) is 0 Å². The van der Waals surface area contributed by atoms with Gasteiger partial charge in [0.2, 0.25) is 0 Å². The maximum Gasteiger partial charge on any atom is 0.269 e. The number of benzene rings is 2. The highest BCUT2D eigenvalue weighted by molar-refractivity contribution is 14.0. The Balaban J connectivity index is 0.00000280. The van der Waals surface area contributed by atoms with Gasteiger partial charge in [0.05, 0.1) is 11.5 Å². The van der Waals surface area contributed by atoms with Crippen LogP contribution in [-0.2, 0) is 12.8 Å². The highest BCUT2D eigenvalue weighted by Crippen LogP contribution is 2.24. The summed E-state index contributed by atoms with van der Waals surface area (Å²) in [7, 11) is 0. The van der Waals surface area contributed by atoms with Crippen LogP contribution in [0.2, 0.25) is 0 Å². The molecule has 4 N–H and O–H groups in total. The fourth-order valence-corrected chi connectivity index (χ4v) is 2.95. The van der Waals surface area contributed by atoms with Crippen LogP contribution in [0.5, 0.6) is 5.75 Å². The zero-order valence-electron chi connectivity index (χ0n) is 15.2. The van der Waals surface area contributed by atoms with Crippen LogP contribution in [0.15, 0.2) is 47.5 Å². The lowest BCUT2D eigenvalue weighted by atomic mass is 10.1. The lowest BCUT2D eigenvalue weighted by Gasteiger charge is -2.11. The molecule has 1 aliphatic carbocycles. The number of non-ortho nitro benzene ring substituents is 1. The van der Waals surface area contributed by atoms with Crippen LogP contribution in [0.25, 0.3) is 0 Å². The van der Waals surface area contributed by atoms with E-state index in [1.165, 1.54) is 41.8 Å². The Morgan fingerprint density at radius 1 is 1.25 bits per heavy atom. The minimum absolute atomic E-state index is 0. The summed E-state index contributed by atoms with van der Waals surface area (Å²) in [5.74, 6) is 0.662. The maximum absolute atomic E-state index is 10.6. The van der Waals surface area contributed by atoms with Crippen molar-refractivity contribution in [3.8, 4) is 5.75 Å². The zero-order valence-corrected chi connectivity index (χ0v) is 17.5. The first-order valence-corrected chi connectivity index (χ1v) is 8.75. The first kappa shape index (κ1) is 21.9. The number of nitro benzene ring substituents is 1. The van der Waals surface area contributed by atoms with Crippen LogP contribution >= 0.6 is 24.0 Å². The second-order valence-corrected chi connectivity index (χ2v) is 6.40. The number of nitrogens with two attached hydrogens (primary N) is 1. The molecule has 1 unspecified atom stereocenters. The van der Waals surface area contributed by atoms with Crippen molar-refractivity contribution in [2.24, 2.45) is 10.7 Å². The van der Waals surface area contributed by atoms with Gasteiger partial charge in [0, 0.05) is 17.8 Å². The van der Waals surface area contributed by atoms with Crippen molar-refractivity contribution in [3.63, 3.8) is 0 Å². The summed E-state index contributed by atoms with van der Waals surface area (Å²) in [6.45, 7) is 0.0875. The first-order valence-electron chi connectivity index (χ1n) is 8.75. The van der Waals surface area contributed by atoms with E-state index >= 15 is 0 Å². The van der Waals surface area contributed by atoms with E-state index in [1.807, 2.05) is 6.07 Å². The molecule has 3 rings (SSSR count). The maximum atomic E-state index is 10.6. The second-order valence-electron chi connectivity index (χ2n) is 6.40. The van der Waals surface area contributed by atoms with Crippen LogP contribution in [0.4, 0.5) is 11.4 Å². The van der Waals surface area contributed by atoms with Gasteiger partial charge in [0.15, 0.2) is 5.96 Å². The van der Waals surface area contributed by atoms with E-state index in [-0.39, 0.29) is 48.8 Å². The van der Waals surface area contributed by atoms with Gasteiger partial charge >= 0.3 is 0 Å². The van der Waals surface area contributed by atoms with Gasteiger partial charge in [-0.15, -0.1) is 24.0 Å². The van der Waals surface area contributed by atoms with Crippen LogP contribution in [0.1, 0.15) is 17.5 Å². The average molecular weight is 498 g/mol. The molecule has 0 spiro atoms. The number of nitrogens with zero attached hydrogens (tertiary/aromatic N) is 2. The predicted octanol–water partition coefficient (Wildman–Crippen LogP) is 2.87. The van der Waals surface area contributed by atoms with Crippen molar-refractivity contribution in [2.75, 3.05) is 18.5 Å². The summed E-state index contributed by atoms with van der Waals surface area (Å²) in [5.41, 5.74) is 9.46. The first-order chi connectivity index (χ1) is 13.0. The molecule has 2 aromatic carbocycles. The molecule has 0 saturated heterocycles.